The van der Waals surface area contributed by atoms with E-state index in [9.17, 15) is 54.3 Å². The molecule has 380 valence electrons. The normalized spacial score (nSPS) is 10.7. The number of carboxylic acid groups (broad SMARTS) is 1. The van der Waals surface area contributed by atoms with Crippen molar-refractivity contribution < 1.29 is 100 Å². The number of rotatable bonds is 13. The smallest absolute Gasteiger partial charge is 0.493 e. The molecule has 0 saturated carbocycles. The molecule has 6 rings (SSSR count). The van der Waals surface area contributed by atoms with Crippen LogP contribution in [-0.2, 0) is 9.47 Å². The lowest BCUT2D eigenvalue weighted by Crippen LogP contribution is -2.17. The van der Waals surface area contributed by atoms with Gasteiger partial charge >= 0.3 is 30.6 Å². The van der Waals surface area contributed by atoms with Crippen molar-refractivity contribution in [1.82, 2.24) is 9.97 Å². The van der Waals surface area contributed by atoms with Gasteiger partial charge in [-0.1, -0.05) is 23.2 Å². The van der Waals surface area contributed by atoms with E-state index in [1.165, 1.54) is 44.8 Å². The second-order valence-electron chi connectivity index (χ2n) is 13.0. The van der Waals surface area contributed by atoms with Crippen molar-refractivity contribution in [3.8, 4) is 46.0 Å². The number of hydrogen-bond donors (Lipinski definition) is 3. The summed E-state index contributed by atoms with van der Waals surface area (Å²) in [4.78, 5) is 54.3. The number of alkyl halides is 6. The van der Waals surface area contributed by atoms with Crippen molar-refractivity contribution in [3.05, 3.63) is 142 Å². The van der Waals surface area contributed by atoms with Gasteiger partial charge in [-0.3, -0.25) is 4.79 Å². The molecule has 4 N–H and O–H groups in total. The van der Waals surface area contributed by atoms with Gasteiger partial charge in [0.2, 0.25) is 0 Å². The molecule has 0 aliphatic carbocycles. The van der Waals surface area contributed by atoms with Crippen LogP contribution in [0.15, 0.2) is 97.3 Å². The van der Waals surface area contributed by atoms with E-state index in [4.69, 9.17) is 53.0 Å². The molecule has 0 unspecified atom stereocenters. The first-order valence-corrected chi connectivity index (χ1v) is 19.7. The number of ether oxygens (including phenoxy) is 8. The minimum Gasteiger partial charge on any atom is -0.493 e. The predicted octanol–water partition coefficient (Wildman–Crippen LogP) is 11.4. The number of nitrogen functional groups attached to an aromatic ring is 1. The molecule has 0 aliphatic heterocycles. The number of halogens is 10. The van der Waals surface area contributed by atoms with Crippen LogP contribution in [0.1, 0.15) is 44.5 Å². The Morgan fingerprint density at radius 2 is 1.01 bits per heavy atom. The summed E-state index contributed by atoms with van der Waals surface area (Å²) < 4.78 is 139. The van der Waals surface area contributed by atoms with Crippen LogP contribution in [0.25, 0.3) is 0 Å². The van der Waals surface area contributed by atoms with Gasteiger partial charge in [0.05, 0.1) is 38.5 Å². The molecule has 71 heavy (non-hydrogen) atoms. The number of aromatic nitrogens is 2. The Kier molecular flexibility index (Phi) is 18.9. The zero-order valence-corrected chi connectivity index (χ0v) is 37.8. The van der Waals surface area contributed by atoms with Crippen LogP contribution in [0, 0.1) is 11.6 Å². The van der Waals surface area contributed by atoms with Gasteiger partial charge < -0.3 is 54.1 Å². The molecule has 0 aliphatic rings. The van der Waals surface area contributed by atoms with Gasteiger partial charge in [-0.15, -0.1) is 26.3 Å². The predicted molar refractivity (Wildman–Crippen MR) is 237 cm³/mol. The zero-order valence-electron chi connectivity index (χ0n) is 36.3. The maximum absolute atomic E-state index is 14.2. The molecule has 0 spiro atoms. The molecule has 1 amide bonds. The Bertz CT molecular complexity index is 2920. The monoisotopic (exact) mass is 1050 g/mol. The molecule has 2 heterocycles. The highest BCUT2D eigenvalue weighted by molar-refractivity contribution is 6.35. The van der Waals surface area contributed by atoms with Crippen LogP contribution >= 0.6 is 23.2 Å². The molecule has 0 saturated heterocycles. The number of anilines is 2. The minimum atomic E-state index is -4.93. The maximum Gasteiger partial charge on any atom is 0.573 e. The van der Waals surface area contributed by atoms with Crippen molar-refractivity contribution in [2.24, 2.45) is 0 Å². The van der Waals surface area contributed by atoms with Crippen molar-refractivity contribution in [1.29, 1.82) is 0 Å². The SMILES string of the molecule is COC(=O)c1cc(N)ccn1.COC(=O)c1cc(NC(=O)c2c(Oc3ccc(OC(F)(F)F)cc3OC)ccc(F)c2Cl)ccn1.COc1cc(OC(F)(F)F)ccc1Oc1ccc(F)c(Cl)c1C(=O)O.[HH].[HH]. The van der Waals surface area contributed by atoms with E-state index in [-0.39, 0.29) is 54.4 Å². The first-order valence-electron chi connectivity index (χ1n) is 19.0. The van der Waals surface area contributed by atoms with Crippen LogP contribution in [0.3, 0.4) is 0 Å². The van der Waals surface area contributed by atoms with Crippen molar-refractivity contribution in [2.45, 2.75) is 12.7 Å². The van der Waals surface area contributed by atoms with E-state index in [0.29, 0.717) is 5.69 Å². The average Bonchev–Trinajstić information content (AvgIpc) is 3.31. The lowest BCUT2D eigenvalue weighted by molar-refractivity contribution is -0.275. The lowest BCUT2D eigenvalue weighted by Gasteiger charge is -2.16. The highest BCUT2D eigenvalue weighted by Crippen LogP contribution is 2.41. The van der Waals surface area contributed by atoms with E-state index < -0.39 is 80.8 Å². The summed E-state index contributed by atoms with van der Waals surface area (Å²) >= 11 is 11.6. The number of nitrogens with zero attached hydrogens (tertiary/aromatic N) is 2. The summed E-state index contributed by atoms with van der Waals surface area (Å²) in [5.74, 6) is -7.85. The van der Waals surface area contributed by atoms with Crippen LogP contribution in [0.4, 0.5) is 46.5 Å². The number of aromatic carboxylic acids is 1. The molecule has 4 aromatic carbocycles. The zero-order chi connectivity index (χ0) is 52.8. The van der Waals surface area contributed by atoms with Gasteiger partial charge in [-0.05, 0) is 72.8 Å². The molecule has 0 fully saturated rings. The van der Waals surface area contributed by atoms with E-state index in [2.05, 4.69) is 34.2 Å². The Hall–Kier alpha value is -8.32. The Morgan fingerprint density at radius 3 is 1.44 bits per heavy atom. The molecular weight excluding hydrogens is 1020 g/mol. The minimum absolute atomic E-state index is 0. The summed E-state index contributed by atoms with van der Waals surface area (Å²) in [6, 6.07) is 15.5. The molecule has 2 aromatic heterocycles. The van der Waals surface area contributed by atoms with E-state index in [1.54, 1.807) is 6.07 Å². The van der Waals surface area contributed by atoms with Crippen LogP contribution in [-0.4, -0.2) is 80.1 Å². The highest BCUT2D eigenvalue weighted by Gasteiger charge is 2.33. The van der Waals surface area contributed by atoms with Gasteiger partial charge in [0.25, 0.3) is 5.91 Å². The number of esters is 2. The fraction of sp³-hybridized carbons (Fsp3) is 0.136. The third-order valence-corrected chi connectivity index (χ3v) is 9.06. The van der Waals surface area contributed by atoms with Gasteiger partial charge in [0.15, 0.2) is 23.0 Å². The standard InChI is InChI=1S/C22H15ClF4N2O6.C15H9ClF4O5.C7H8N2O2.2H2/c1-32-17-10-12(35-22(25,26)27)3-5-15(17)34-16-6-4-13(24)19(23)18(16)20(30)29-11-7-8-28-14(9-11)21(31)33-2;1-23-11-6-7(25-15(18,19)20)2-4-9(11)24-10-5-3-8(17)13(16)12(10)14(21)22;1-11-7(10)6-4-5(8)2-3-9-6;;/h3-10H,1-2H3,(H,28,29,30);2-6H,1H3,(H,21,22);2-4H,1H3,(H2,8,9);2*1H. The number of nitrogens with two attached hydrogens (primary N) is 1. The number of pyridine rings is 2. The topological polar surface area (TPSA) is 226 Å². The number of methoxy groups -OCH3 is 4. The van der Waals surface area contributed by atoms with E-state index in [1.807, 2.05) is 0 Å². The van der Waals surface area contributed by atoms with E-state index in [0.717, 1.165) is 74.9 Å². The summed E-state index contributed by atoms with van der Waals surface area (Å²) in [6.07, 6.45) is -7.12. The number of carbonyl (C=O) groups is 4. The molecule has 17 nitrogen and oxygen atoms in total. The second kappa shape index (κ2) is 24.3. The fourth-order valence-electron chi connectivity index (χ4n) is 5.32. The number of carbonyl (C=O) groups excluding carboxylic acids is 3. The third kappa shape index (κ3) is 15.9. The van der Waals surface area contributed by atoms with E-state index >= 15 is 0 Å². The molecule has 6 aromatic rings. The number of hydrogen-bond acceptors (Lipinski definition) is 15. The average molecular weight is 1050 g/mol. The van der Waals surface area contributed by atoms with Crippen molar-refractivity contribution in [2.75, 3.05) is 39.5 Å². The Balaban J connectivity index is 0.000000418. The fourth-order valence-corrected chi connectivity index (χ4v) is 5.80. The lowest BCUT2D eigenvalue weighted by atomic mass is 10.1. The highest BCUT2D eigenvalue weighted by atomic mass is 35.5. The van der Waals surface area contributed by atoms with Gasteiger partial charge in [0.1, 0.15) is 57.1 Å². The molecule has 27 heteroatoms. The Labute approximate surface area is 407 Å². The summed E-state index contributed by atoms with van der Waals surface area (Å²) in [7, 11) is 4.79. The summed E-state index contributed by atoms with van der Waals surface area (Å²) in [5, 5.41) is 10.3. The van der Waals surface area contributed by atoms with Gasteiger partial charge in [-0.2, -0.15) is 0 Å². The molecule has 0 atom stereocenters. The number of nitrogens with one attached hydrogen (secondary N) is 1. The summed E-state index contributed by atoms with van der Waals surface area (Å²) in [5.41, 5.74) is 5.08. The largest absolute Gasteiger partial charge is 0.573 e. The molecule has 0 bridgehead atoms. The number of carboxylic acids is 1. The van der Waals surface area contributed by atoms with Crippen LogP contribution < -0.4 is 39.5 Å². The van der Waals surface area contributed by atoms with Gasteiger partial charge in [0, 0.05) is 38.8 Å². The number of amides is 1. The molecule has 0 radical (unpaired) electrons. The third-order valence-electron chi connectivity index (χ3n) is 8.32. The molecular formula is C44H36Cl2F8N4O13. The van der Waals surface area contributed by atoms with Crippen molar-refractivity contribution >= 4 is 58.4 Å². The van der Waals surface area contributed by atoms with Gasteiger partial charge in [-0.25, -0.2) is 33.1 Å². The maximum atomic E-state index is 14.2. The Morgan fingerprint density at radius 1 is 0.592 bits per heavy atom. The quantitative estimate of drug-likeness (QED) is 0.0722. The second-order valence-corrected chi connectivity index (χ2v) is 13.8. The first-order chi connectivity index (χ1) is 33.4. The van der Waals surface area contributed by atoms with Crippen molar-refractivity contribution in [3.63, 3.8) is 0 Å². The summed E-state index contributed by atoms with van der Waals surface area (Å²) in [6.45, 7) is 0. The van der Waals surface area contributed by atoms with Crippen LogP contribution in [0.5, 0.6) is 46.0 Å². The number of benzene rings is 4. The first kappa shape index (κ1) is 55.3. The van der Waals surface area contributed by atoms with Crippen LogP contribution in [0.2, 0.25) is 10.0 Å².